The predicted molar refractivity (Wildman–Crippen MR) is 73.9 cm³/mol. The van der Waals surface area contributed by atoms with Crippen molar-refractivity contribution >= 4 is 10.0 Å². The molecule has 18 heavy (non-hydrogen) atoms. The topological polar surface area (TPSA) is 66.4 Å². The second kappa shape index (κ2) is 6.87. The first kappa shape index (κ1) is 15.9. The quantitative estimate of drug-likeness (QED) is 0.748. The molecule has 2 N–H and O–H groups in total. The van der Waals surface area contributed by atoms with Gasteiger partial charge in [0, 0.05) is 18.6 Å². The van der Waals surface area contributed by atoms with Gasteiger partial charge in [-0.15, -0.1) is 0 Å². The van der Waals surface area contributed by atoms with Crippen molar-refractivity contribution in [3.05, 3.63) is 0 Å². The third kappa shape index (κ3) is 3.93. The monoisotopic (exact) mass is 277 g/mol. The largest absolute Gasteiger partial charge is 0.396 e. The molecular weight excluding hydrogens is 250 g/mol. The van der Waals surface area contributed by atoms with Crippen LogP contribution in [-0.4, -0.2) is 31.9 Å². The minimum atomic E-state index is -3.21. The van der Waals surface area contributed by atoms with Crippen molar-refractivity contribution in [2.45, 2.75) is 64.0 Å². The number of rotatable bonds is 7. The van der Waals surface area contributed by atoms with Crippen LogP contribution in [0.5, 0.6) is 0 Å². The highest BCUT2D eigenvalue weighted by Gasteiger charge is 2.31. The third-order valence-corrected chi connectivity index (χ3v) is 6.37. The summed E-state index contributed by atoms with van der Waals surface area (Å²) in [7, 11) is -3.21. The van der Waals surface area contributed by atoms with Gasteiger partial charge in [-0.3, -0.25) is 0 Å². The zero-order valence-electron chi connectivity index (χ0n) is 11.6. The molecule has 0 radical (unpaired) electrons. The molecule has 0 atom stereocenters. The Balaban J connectivity index is 2.59. The molecule has 4 nitrogen and oxygen atoms in total. The maximum Gasteiger partial charge on any atom is 0.214 e. The highest BCUT2D eigenvalue weighted by molar-refractivity contribution is 7.90. The van der Waals surface area contributed by atoms with Crippen LogP contribution < -0.4 is 4.72 Å². The number of nitrogens with one attached hydrogen (secondary N) is 1. The van der Waals surface area contributed by atoms with Crippen LogP contribution in [-0.2, 0) is 10.0 Å². The Labute approximate surface area is 111 Å². The lowest BCUT2D eigenvalue weighted by atomic mass is 9.84. The molecule has 1 rings (SSSR count). The Kier molecular flexibility index (Phi) is 6.08. The van der Waals surface area contributed by atoms with Gasteiger partial charge in [0.25, 0.3) is 0 Å². The maximum absolute atomic E-state index is 12.2. The van der Waals surface area contributed by atoms with E-state index >= 15 is 0 Å². The zero-order valence-corrected chi connectivity index (χ0v) is 12.4. The molecule has 1 aliphatic carbocycles. The summed E-state index contributed by atoms with van der Waals surface area (Å²) in [6, 6.07) is 0. The summed E-state index contributed by atoms with van der Waals surface area (Å²) >= 11 is 0. The van der Waals surface area contributed by atoms with Crippen molar-refractivity contribution in [1.29, 1.82) is 0 Å². The van der Waals surface area contributed by atoms with Gasteiger partial charge in [-0.1, -0.05) is 33.1 Å². The summed E-state index contributed by atoms with van der Waals surface area (Å²) in [5, 5.41) is 9.22. The first-order valence-electron chi connectivity index (χ1n) is 7.09. The van der Waals surface area contributed by atoms with Gasteiger partial charge >= 0.3 is 0 Å². The number of aliphatic hydroxyl groups is 1. The second-order valence-corrected chi connectivity index (χ2v) is 7.54. The van der Waals surface area contributed by atoms with Crippen molar-refractivity contribution in [3.63, 3.8) is 0 Å². The standard InChI is InChI=1S/C13H27NO3S/c1-3-13(4-2,11-15)10-14-18(16,17)12-8-6-5-7-9-12/h12,14-15H,3-11H2,1-2H3. The molecule has 0 saturated heterocycles. The molecule has 0 aliphatic heterocycles. The van der Waals surface area contributed by atoms with Crippen molar-refractivity contribution in [2.75, 3.05) is 13.2 Å². The van der Waals surface area contributed by atoms with Crippen molar-refractivity contribution in [2.24, 2.45) is 5.41 Å². The molecule has 0 aromatic carbocycles. The van der Waals surface area contributed by atoms with Gasteiger partial charge in [-0.2, -0.15) is 0 Å². The van der Waals surface area contributed by atoms with E-state index in [-0.39, 0.29) is 17.3 Å². The zero-order chi connectivity index (χ0) is 13.6. The summed E-state index contributed by atoms with van der Waals surface area (Å²) in [4.78, 5) is 0. The van der Waals surface area contributed by atoms with Crippen LogP contribution in [0.4, 0.5) is 0 Å². The Hall–Kier alpha value is -0.130. The van der Waals surface area contributed by atoms with Crippen LogP contribution in [0, 0.1) is 5.41 Å². The number of hydrogen-bond acceptors (Lipinski definition) is 3. The summed E-state index contributed by atoms with van der Waals surface area (Å²) in [5.41, 5.74) is -0.304. The van der Waals surface area contributed by atoms with E-state index in [1.807, 2.05) is 13.8 Å². The molecule has 0 amide bonds. The SMILES string of the molecule is CCC(CC)(CO)CNS(=O)(=O)C1CCCCC1. The van der Waals surface area contributed by atoms with E-state index in [1.54, 1.807) is 0 Å². The fourth-order valence-corrected chi connectivity index (χ4v) is 4.22. The van der Waals surface area contributed by atoms with Crippen LogP contribution in [0.15, 0.2) is 0 Å². The molecule has 1 saturated carbocycles. The molecule has 0 bridgehead atoms. The minimum Gasteiger partial charge on any atom is -0.396 e. The van der Waals surface area contributed by atoms with Gasteiger partial charge in [0.2, 0.25) is 10.0 Å². The summed E-state index contributed by atoms with van der Waals surface area (Å²) < 4.78 is 27.1. The molecule has 0 heterocycles. The number of sulfonamides is 1. The molecule has 0 spiro atoms. The summed E-state index contributed by atoms with van der Waals surface area (Å²) in [6.45, 7) is 4.38. The lowest BCUT2D eigenvalue weighted by Crippen LogP contribution is -2.43. The van der Waals surface area contributed by atoms with Crippen molar-refractivity contribution in [1.82, 2.24) is 4.72 Å². The molecular formula is C13H27NO3S. The van der Waals surface area contributed by atoms with E-state index in [1.165, 1.54) is 0 Å². The maximum atomic E-state index is 12.2. The van der Waals surface area contributed by atoms with E-state index in [0.717, 1.165) is 44.9 Å². The Morgan fingerprint density at radius 3 is 2.17 bits per heavy atom. The van der Waals surface area contributed by atoms with Gasteiger partial charge in [0.05, 0.1) is 5.25 Å². The summed E-state index contributed by atoms with van der Waals surface area (Å²) in [6.07, 6.45) is 6.30. The van der Waals surface area contributed by atoms with Crippen LogP contribution in [0.3, 0.4) is 0 Å². The molecule has 108 valence electrons. The molecule has 1 aliphatic rings. The van der Waals surface area contributed by atoms with E-state index in [2.05, 4.69) is 4.72 Å². The van der Waals surface area contributed by atoms with Crippen molar-refractivity contribution < 1.29 is 13.5 Å². The minimum absolute atomic E-state index is 0.0349. The van der Waals surface area contributed by atoms with Crippen LogP contribution in [0.25, 0.3) is 0 Å². The van der Waals surface area contributed by atoms with Gasteiger partial charge < -0.3 is 5.11 Å². The Morgan fingerprint density at radius 2 is 1.72 bits per heavy atom. The lowest BCUT2D eigenvalue weighted by molar-refractivity contribution is 0.119. The van der Waals surface area contributed by atoms with Crippen LogP contribution >= 0.6 is 0 Å². The average molecular weight is 277 g/mol. The Morgan fingerprint density at radius 1 is 1.17 bits per heavy atom. The van der Waals surface area contributed by atoms with Crippen LogP contribution in [0.2, 0.25) is 0 Å². The van der Waals surface area contributed by atoms with E-state index in [9.17, 15) is 13.5 Å². The normalized spacial score (nSPS) is 19.1. The highest BCUT2D eigenvalue weighted by Crippen LogP contribution is 2.27. The van der Waals surface area contributed by atoms with Crippen molar-refractivity contribution in [3.8, 4) is 0 Å². The Bertz CT molecular complexity index is 322. The molecule has 0 aromatic rings. The molecule has 5 heteroatoms. The first-order valence-corrected chi connectivity index (χ1v) is 8.63. The second-order valence-electron chi connectivity index (χ2n) is 5.49. The lowest BCUT2D eigenvalue weighted by Gasteiger charge is -2.31. The smallest absolute Gasteiger partial charge is 0.214 e. The van der Waals surface area contributed by atoms with Gasteiger partial charge in [0.15, 0.2) is 0 Å². The summed E-state index contributed by atoms with van der Waals surface area (Å²) in [5.74, 6) is 0. The molecule has 0 unspecified atom stereocenters. The fraction of sp³-hybridized carbons (Fsp3) is 1.00. The number of hydrogen-bond donors (Lipinski definition) is 2. The number of aliphatic hydroxyl groups excluding tert-OH is 1. The predicted octanol–water partition coefficient (Wildman–Crippen LogP) is 2.04. The highest BCUT2D eigenvalue weighted by atomic mass is 32.2. The third-order valence-electron chi connectivity index (χ3n) is 4.47. The van der Waals surface area contributed by atoms with E-state index < -0.39 is 10.0 Å². The van der Waals surface area contributed by atoms with E-state index in [0.29, 0.717) is 6.54 Å². The van der Waals surface area contributed by atoms with Crippen LogP contribution in [0.1, 0.15) is 58.8 Å². The molecule has 0 aromatic heterocycles. The molecule has 1 fully saturated rings. The van der Waals surface area contributed by atoms with Gasteiger partial charge in [0.1, 0.15) is 0 Å². The average Bonchev–Trinajstić information content (AvgIpc) is 2.42. The fourth-order valence-electron chi connectivity index (χ4n) is 2.53. The first-order chi connectivity index (χ1) is 8.49. The van der Waals surface area contributed by atoms with Gasteiger partial charge in [-0.25, -0.2) is 13.1 Å². The van der Waals surface area contributed by atoms with Gasteiger partial charge in [-0.05, 0) is 25.7 Å². The van der Waals surface area contributed by atoms with E-state index in [4.69, 9.17) is 0 Å².